The van der Waals surface area contributed by atoms with Crippen molar-refractivity contribution in [3.63, 3.8) is 0 Å². The number of carbonyl (C=O) groups excluding carboxylic acids is 1. The molecule has 3 saturated heterocycles. The van der Waals surface area contributed by atoms with Crippen molar-refractivity contribution in [2.24, 2.45) is 0 Å². The zero-order chi connectivity index (χ0) is 41.7. The van der Waals surface area contributed by atoms with Gasteiger partial charge in [0.2, 0.25) is 0 Å². The van der Waals surface area contributed by atoms with Gasteiger partial charge in [-0.15, -0.1) is 0 Å². The Bertz CT molecular complexity index is 1660. The van der Waals surface area contributed by atoms with Crippen LogP contribution in [0.15, 0.2) is 42.5 Å². The van der Waals surface area contributed by atoms with Crippen molar-refractivity contribution >= 4 is 12.0 Å². The number of benzene rings is 2. The molecule has 0 aliphatic carbocycles. The molecule has 0 aromatic heterocycles. The van der Waals surface area contributed by atoms with E-state index in [0.717, 1.165) is 12.1 Å². The van der Waals surface area contributed by atoms with E-state index in [4.69, 9.17) is 37.9 Å². The van der Waals surface area contributed by atoms with Crippen LogP contribution < -0.4 is 0 Å². The SMILES string of the molecule is CO[C@H](CO[C@@H]1O[C@H](COC[C@H]2O[C@H](O)[C@H](O)[C@@H](O)[C@@H]2O)[C@@H](OC(=O)/C=C/c2ccc(O)c(O)c2)[C@H](O[C@@H]2O[C@@H](C)[C@H](O)[C@@H](O)[C@H]2O)[C@H]1O)c1ccc(O)c(O)c1. The number of hydrogen-bond acceptors (Lipinski definition) is 21. The Morgan fingerprint density at radius 3 is 2.02 bits per heavy atom. The number of phenolic OH excluding ortho intramolecular Hbond substituents is 4. The molecule has 3 aliphatic heterocycles. The molecule has 16 atom stereocenters. The van der Waals surface area contributed by atoms with Crippen LogP contribution in [0.25, 0.3) is 6.08 Å². The quantitative estimate of drug-likeness (QED) is 0.0512. The van der Waals surface area contributed by atoms with E-state index < -0.39 is 140 Å². The van der Waals surface area contributed by atoms with E-state index in [0.29, 0.717) is 5.56 Å². The normalized spacial score (nSPS) is 36.6. The lowest BCUT2D eigenvalue weighted by atomic mass is 9.96. The Morgan fingerprint density at radius 2 is 1.35 bits per heavy atom. The Hall–Kier alpha value is -3.75. The van der Waals surface area contributed by atoms with Crippen molar-refractivity contribution in [1.29, 1.82) is 0 Å². The van der Waals surface area contributed by atoms with Gasteiger partial charge < -0.3 is 99.2 Å². The molecule has 0 radical (unpaired) electrons. The predicted molar refractivity (Wildman–Crippen MR) is 186 cm³/mol. The van der Waals surface area contributed by atoms with E-state index in [1.807, 2.05) is 0 Å². The van der Waals surface area contributed by atoms with Crippen molar-refractivity contribution in [1.82, 2.24) is 0 Å². The lowest BCUT2D eigenvalue weighted by Crippen LogP contribution is -2.65. The molecule has 3 aliphatic rings. The fourth-order valence-electron chi connectivity index (χ4n) is 6.32. The van der Waals surface area contributed by atoms with E-state index in [1.54, 1.807) is 0 Å². The minimum atomic E-state index is -1.90. The number of rotatable bonds is 14. The van der Waals surface area contributed by atoms with E-state index in [9.17, 15) is 66.1 Å². The van der Waals surface area contributed by atoms with Crippen molar-refractivity contribution in [2.45, 2.75) is 105 Å². The molecule has 0 saturated carbocycles. The number of ether oxygens (including phenoxy) is 8. The number of hydrogen-bond donors (Lipinski definition) is 12. The van der Waals surface area contributed by atoms with Crippen LogP contribution in [0.3, 0.4) is 0 Å². The minimum Gasteiger partial charge on any atom is -0.504 e. The summed E-state index contributed by atoms with van der Waals surface area (Å²) in [5, 5.41) is 123. The summed E-state index contributed by atoms with van der Waals surface area (Å²) in [6.45, 7) is -0.121. The summed E-state index contributed by atoms with van der Waals surface area (Å²) in [6, 6.07) is 7.57. The molecule has 2 aromatic carbocycles. The molecule has 57 heavy (non-hydrogen) atoms. The number of aromatic hydroxyl groups is 4. The first kappa shape index (κ1) is 44.4. The third kappa shape index (κ3) is 10.5. The van der Waals surface area contributed by atoms with Gasteiger partial charge in [-0.3, -0.25) is 0 Å². The Kier molecular flexibility index (Phi) is 15.0. The van der Waals surface area contributed by atoms with Crippen LogP contribution in [-0.4, -0.2) is 186 Å². The van der Waals surface area contributed by atoms with E-state index in [2.05, 4.69) is 0 Å². The average Bonchev–Trinajstić information content (AvgIpc) is 3.18. The molecule has 0 unspecified atom stereocenters. The standard InChI is InChI=1S/C36H48O21/c1-14-25(42)27(44)30(47)36(53-14)57-33-31(48)35(52-13-21(50-2)16-5-7-18(38)20(40)10-16)55-23(12-51-11-22-26(43)28(45)29(46)34(49)54-22)32(33)56-24(41)8-4-15-3-6-17(37)19(39)9-15/h3-10,14,21-23,25-40,42-49H,11-13H2,1-2H3/b8-4+/t14-,21+,22+,23+,25-,26+,27+,28-,29+,30+,31+,32+,33+,34-,35+,36-/m0/s1. The van der Waals surface area contributed by atoms with Crippen molar-refractivity contribution in [2.75, 3.05) is 26.9 Å². The Labute approximate surface area is 324 Å². The van der Waals surface area contributed by atoms with Gasteiger partial charge in [0.25, 0.3) is 0 Å². The third-order valence-corrected chi connectivity index (χ3v) is 9.70. The number of esters is 1. The maximum absolute atomic E-state index is 13.3. The third-order valence-electron chi connectivity index (χ3n) is 9.70. The van der Waals surface area contributed by atoms with Crippen LogP contribution in [0.2, 0.25) is 0 Å². The molecule has 21 heteroatoms. The lowest BCUT2D eigenvalue weighted by Gasteiger charge is -2.47. The van der Waals surface area contributed by atoms with Gasteiger partial charge in [-0.05, 0) is 48.4 Å². The molecule has 0 bridgehead atoms. The second-order valence-corrected chi connectivity index (χ2v) is 13.7. The van der Waals surface area contributed by atoms with Gasteiger partial charge in [-0.2, -0.15) is 0 Å². The van der Waals surface area contributed by atoms with Gasteiger partial charge >= 0.3 is 5.97 Å². The molecule has 5 rings (SSSR count). The first-order valence-electron chi connectivity index (χ1n) is 17.7. The van der Waals surface area contributed by atoms with Gasteiger partial charge in [-0.1, -0.05) is 12.1 Å². The lowest BCUT2D eigenvalue weighted by molar-refractivity contribution is -0.360. The molecule has 3 fully saturated rings. The maximum atomic E-state index is 13.3. The van der Waals surface area contributed by atoms with Crippen LogP contribution in [0, 0.1) is 0 Å². The summed E-state index contributed by atoms with van der Waals surface area (Å²) in [5.74, 6) is -2.81. The summed E-state index contributed by atoms with van der Waals surface area (Å²) in [6.07, 6.45) is -23.9. The Morgan fingerprint density at radius 1 is 0.702 bits per heavy atom. The van der Waals surface area contributed by atoms with Crippen LogP contribution in [0.4, 0.5) is 0 Å². The number of aliphatic hydroxyl groups excluding tert-OH is 8. The van der Waals surface area contributed by atoms with E-state index in [1.165, 1.54) is 50.4 Å². The second-order valence-electron chi connectivity index (χ2n) is 13.7. The van der Waals surface area contributed by atoms with Crippen LogP contribution in [-0.2, 0) is 42.7 Å². The maximum Gasteiger partial charge on any atom is 0.331 e. The average molecular weight is 817 g/mol. The second kappa shape index (κ2) is 19.3. The molecule has 0 spiro atoms. The summed E-state index contributed by atoms with van der Waals surface area (Å²) in [5.41, 5.74) is 0.603. The Balaban J connectivity index is 1.43. The number of aliphatic hydroxyl groups is 8. The van der Waals surface area contributed by atoms with Crippen LogP contribution in [0.1, 0.15) is 24.2 Å². The highest BCUT2D eigenvalue weighted by Gasteiger charge is 2.53. The molecule has 2 aromatic rings. The molecule has 3 heterocycles. The summed E-state index contributed by atoms with van der Waals surface area (Å²) >= 11 is 0. The molecule has 0 amide bonds. The topological polar surface area (TPSA) is 334 Å². The van der Waals surface area contributed by atoms with Crippen LogP contribution in [0.5, 0.6) is 23.0 Å². The molecular weight excluding hydrogens is 768 g/mol. The molecule has 21 nitrogen and oxygen atoms in total. The first-order valence-corrected chi connectivity index (χ1v) is 17.7. The predicted octanol–water partition coefficient (Wildman–Crippen LogP) is -3.05. The van der Waals surface area contributed by atoms with Crippen molar-refractivity contribution in [3.05, 3.63) is 53.6 Å². The fourth-order valence-corrected chi connectivity index (χ4v) is 6.32. The molecule has 12 N–H and O–H groups in total. The van der Waals surface area contributed by atoms with E-state index >= 15 is 0 Å². The zero-order valence-electron chi connectivity index (χ0n) is 30.5. The van der Waals surface area contributed by atoms with Gasteiger partial charge in [0.15, 0.2) is 48.0 Å². The molecular formula is C36H48O21. The highest BCUT2D eigenvalue weighted by molar-refractivity contribution is 5.87. The smallest absolute Gasteiger partial charge is 0.331 e. The van der Waals surface area contributed by atoms with Crippen LogP contribution >= 0.6 is 0 Å². The van der Waals surface area contributed by atoms with E-state index in [-0.39, 0.29) is 12.2 Å². The monoisotopic (exact) mass is 816 g/mol. The zero-order valence-corrected chi connectivity index (χ0v) is 30.5. The molecule has 318 valence electrons. The highest BCUT2D eigenvalue weighted by Crippen LogP contribution is 2.34. The number of phenols is 4. The van der Waals surface area contributed by atoms with Gasteiger partial charge in [0, 0.05) is 13.2 Å². The summed E-state index contributed by atoms with van der Waals surface area (Å²) < 4.78 is 45.6. The largest absolute Gasteiger partial charge is 0.504 e. The number of carbonyl (C=O) groups is 1. The number of methoxy groups -OCH3 is 1. The summed E-state index contributed by atoms with van der Waals surface area (Å²) in [4.78, 5) is 13.3. The van der Waals surface area contributed by atoms with Gasteiger partial charge in [-0.25, -0.2) is 4.79 Å². The minimum absolute atomic E-state index is 0.263. The highest BCUT2D eigenvalue weighted by atomic mass is 16.7. The van der Waals surface area contributed by atoms with Crippen molar-refractivity contribution < 1.29 is 104 Å². The summed E-state index contributed by atoms with van der Waals surface area (Å²) in [7, 11) is 1.32. The van der Waals surface area contributed by atoms with Gasteiger partial charge in [0.1, 0.15) is 67.1 Å². The fraction of sp³-hybridized carbons (Fsp3) is 0.583. The first-order chi connectivity index (χ1) is 27.0. The van der Waals surface area contributed by atoms with Crippen molar-refractivity contribution in [3.8, 4) is 23.0 Å². The van der Waals surface area contributed by atoms with Gasteiger partial charge in [0.05, 0.1) is 25.9 Å².